The van der Waals surface area contributed by atoms with Crippen LogP contribution >= 0.6 is 0 Å². The van der Waals surface area contributed by atoms with E-state index in [2.05, 4.69) is 6.92 Å². The van der Waals surface area contributed by atoms with Crippen LogP contribution in [-0.4, -0.2) is 70.4 Å². The first-order chi connectivity index (χ1) is 11.6. The van der Waals surface area contributed by atoms with Gasteiger partial charge >= 0.3 is 0 Å². The summed E-state index contributed by atoms with van der Waals surface area (Å²) in [6.07, 6.45) is 5.59. The molecule has 0 aromatic heterocycles. The minimum Gasteiger partial charge on any atom is -0.382 e. The first-order valence-electron chi connectivity index (χ1n) is 9.05. The van der Waals surface area contributed by atoms with Crippen molar-refractivity contribution in [3.05, 3.63) is 0 Å². The third kappa shape index (κ3) is 5.64. The zero-order valence-corrected chi connectivity index (χ0v) is 16.0. The molecule has 5 atom stereocenters. The molecule has 0 aromatic rings. The highest BCUT2D eigenvalue weighted by Gasteiger charge is 2.54. The van der Waals surface area contributed by atoms with Gasteiger partial charge < -0.3 is 28.8 Å². The maximum absolute atomic E-state index is 11.1. The number of ether oxygens (including phenoxy) is 5. The van der Waals surface area contributed by atoms with Crippen molar-refractivity contribution in [3.8, 4) is 0 Å². The van der Waals surface area contributed by atoms with E-state index in [1.165, 1.54) is 25.7 Å². The maximum Gasteiger partial charge on any atom is 0.195 e. The van der Waals surface area contributed by atoms with Gasteiger partial charge in [-0.1, -0.05) is 39.0 Å². The molecule has 6 heteroatoms. The summed E-state index contributed by atoms with van der Waals surface area (Å²) in [6, 6.07) is 0. The number of unbranched alkanes of at least 4 members (excludes halogenated alkanes) is 5. The lowest BCUT2D eigenvalue weighted by atomic mass is 9.88. The van der Waals surface area contributed by atoms with E-state index < -0.39 is 24.1 Å². The maximum atomic E-state index is 11.1. The molecule has 0 aromatic carbocycles. The summed E-state index contributed by atoms with van der Waals surface area (Å²) in [6.45, 7) is 2.53. The number of hydrogen-bond acceptors (Lipinski definition) is 6. The van der Waals surface area contributed by atoms with Crippen molar-refractivity contribution in [1.82, 2.24) is 0 Å². The first kappa shape index (κ1) is 21.8. The van der Waals surface area contributed by atoms with Gasteiger partial charge in [-0.25, -0.2) is 0 Å². The summed E-state index contributed by atoms with van der Waals surface area (Å²) < 4.78 is 27.9. The molecule has 0 bridgehead atoms. The van der Waals surface area contributed by atoms with Crippen LogP contribution in [0.4, 0.5) is 0 Å². The molecule has 1 aliphatic heterocycles. The predicted octanol–water partition coefficient (Wildman–Crippen LogP) is 2.52. The van der Waals surface area contributed by atoms with Crippen molar-refractivity contribution < 1.29 is 28.8 Å². The van der Waals surface area contributed by atoms with Gasteiger partial charge in [-0.05, 0) is 6.42 Å². The molecule has 24 heavy (non-hydrogen) atoms. The second-order valence-corrected chi connectivity index (χ2v) is 6.53. The first-order valence-corrected chi connectivity index (χ1v) is 9.05. The topological polar surface area (TPSA) is 66.4 Å². The van der Waals surface area contributed by atoms with E-state index in [0.717, 1.165) is 12.8 Å². The third-order valence-corrected chi connectivity index (χ3v) is 4.81. The summed E-state index contributed by atoms with van der Waals surface area (Å²) in [7, 11) is 6.37. The molecule has 0 spiro atoms. The van der Waals surface area contributed by atoms with Crippen LogP contribution in [0.2, 0.25) is 0 Å². The van der Waals surface area contributed by atoms with E-state index in [-0.39, 0.29) is 6.10 Å². The van der Waals surface area contributed by atoms with Crippen LogP contribution in [0.1, 0.15) is 51.9 Å². The lowest BCUT2D eigenvalue weighted by Crippen LogP contribution is -2.66. The van der Waals surface area contributed by atoms with Gasteiger partial charge in [0.15, 0.2) is 5.79 Å². The molecule has 0 radical (unpaired) electrons. The Morgan fingerprint density at radius 2 is 1.50 bits per heavy atom. The van der Waals surface area contributed by atoms with Gasteiger partial charge in [-0.3, -0.25) is 0 Å². The lowest BCUT2D eigenvalue weighted by Gasteiger charge is -2.49. The summed E-state index contributed by atoms with van der Waals surface area (Å²) >= 11 is 0. The standard InChI is InChI=1S/C18H36O6/c1-6-7-8-9-10-11-12-18(19)17(23-5)16(22-4)15(21-3)14(24-18)13-20-2/h14-17,19H,6-13H2,1-5H3/t14-,15-,16+,17-,18-/m1/s1. The Morgan fingerprint density at radius 3 is 2.04 bits per heavy atom. The van der Waals surface area contributed by atoms with Crippen LogP contribution in [0.15, 0.2) is 0 Å². The van der Waals surface area contributed by atoms with Crippen molar-refractivity contribution >= 4 is 0 Å². The van der Waals surface area contributed by atoms with Crippen molar-refractivity contribution in [2.45, 2.75) is 82.1 Å². The van der Waals surface area contributed by atoms with Gasteiger partial charge in [0.2, 0.25) is 0 Å². The quantitative estimate of drug-likeness (QED) is 0.547. The summed E-state index contributed by atoms with van der Waals surface area (Å²) in [5.41, 5.74) is 0. The minimum atomic E-state index is -1.39. The molecular formula is C18H36O6. The highest BCUT2D eigenvalue weighted by atomic mass is 16.7. The van der Waals surface area contributed by atoms with E-state index >= 15 is 0 Å². The Bertz CT molecular complexity index is 327. The Hall–Kier alpha value is -0.240. The molecule has 0 aliphatic carbocycles. The highest BCUT2D eigenvalue weighted by Crippen LogP contribution is 2.36. The number of methoxy groups -OCH3 is 4. The number of aliphatic hydroxyl groups is 1. The SMILES string of the molecule is CCCCCCCC[C@@]1(O)O[C@H](COC)[C@@H](OC)[C@H](OC)[C@H]1OC. The van der Waals surface area contributed by atoms with E-state index in [1.807, 2.05) is 0 Å². The van der Waals surface area contributed by atoms with Crippen LogP contribution in [0, 0.1) is 0 Å². The molecule has 144 valence electrons. The van der Waals surface area contributed by atoms with E-state index in [1.54, 1.807) is 28.4 Å². The second kappa shape index (κ2) is 11.4. The zero-order valence-electron chi connectivity index (χ0n) is 16.0. The highest BCUT2D eigenvalue weighted by molar-refractivity contribution is 4.98. The normalized spacial score (nSPS) is 33.8. The van der Waals surface area contributed by atoms with Crippen LogP contribution in [0.25, 0.3) is 0 Å². The van der Waals surface area contributed by atoms with Gasteiger partial charge in [-0.2, -0.15) is 0 Å². The fourth-order valence-corrected chi connectivity index (χ4v) is 3.55. The van der Waals surface area contributed by atoms with E-state index in [4.69, 9.17) is 23.7 Å². The van der Waals surface area contributed by atoms with Crippen LogP contribution < -0.4 is 0 Å². The van der Waals surface area contributed by atoms with Crippen molar-refractivity contribution in [2.24, 2.45) is 0 Å². The molecule has 1 aliphatic rings. The second-order valence-electron chi connectivity index (χ2n) is 6.53. The van der Waals surface area contributed by atoms with Crippen molar-refractivity contribution in [1.29, 1.82) is 0 Å². The predicted molar refractivity (Wildman–Crippen MR) is 92.1 cm³/mol. The Kier molecular flexibility index (Phi) is 10.3. The number of hydrogen-bond donors (Lipinski definition) is 1. The average Bonchev–Trinajstić information content (AvgIpc) is 2.57. The van der Waals surface area contributed by atoms with Gasteiger partial charge in [-0.15, -0.1) is 0 Å². The average molecular weight is 348 g/mol. The van der Waals surface area contributed by atoms with E-state index in [9.17, 15) is 5.11 Å². The summed E-state index contributed by atoms with van der Waals surface area (Å²) in [5.74, 6) is -1.39. The fraction of sp³-hybridized carbons (Fsp3) is 1.00. The van der Waals surface area contributed by atoms with Gasteiger partial charge in [0.1, 0.15) is 24.4 Å². The van der Waals surface area contributed by atoms with Gasteiger partial charge in [0.25, 0.3) is 0 Å². The van der Waals surface area contributed by atoms with Crippen LogP contribution in [0.5, 0.6) is 0 Å². The molecule has 0 unspecified atom stereocenters. The molecule has 1 rings (SSSR count). The monoisotopic (exact) mass is 348 g/mol. The molecule has 1 saturated heterocycles. The van der Waals surface area contributed by atoms with Gasteiger partial charge in [0.05, 0.1) is 6.61 Å². The smallest absolute Gasteiger partial charge is 0.195 e. The lowest BCUT2D eigenvalue weighted by molar-refractivity contribution is -0.360. The van der Waals surface area contributed by atoms with Gasteiger partial charge in [0, 0.05) is 34.9 Å². The fourth-order valence-electron chi connectivity index (χ4n) is 3.55. The van der Waals surface area contributed by atoms with E-state index in [0.29, 0.717) is 13.0 Å². The van der Waals surface area contributed by atoms with Crippen LogP contribution in [0.3, 0.4) is 0 Å². The Morgan fingerprint density at radius 1 is 0.875 bits per heavy atom. The van der Waals surface area contributed by atoms with Crippen molar-refractivity contribution in [3.63, 3.8) is 0 Å². The summed E-state index contributed by atoms with van der Waals surface area (Å²) in [4.78, 5) is 0. The molecular weight excluding hydrogens is 312 g/mol. The molecule has 1 fully saturated rings. The number of rotatable bonds is 12. The van der Waals surface area contributed by atoms with Crippen LogP contribution in [-0.2, 0) is 23.7 Å². The zero-order chi connectivity index (χ0) is 18.0. The Labute approximate surface area is 146 Å². The molecule has 6 nitrogen and oxygen atoms in total. The molecule has 0 amide bonds. The third-order valence-electron chi connectivity index (χ3n) is 4.81. The molecule has 1 N–H and O–H groups in total. The van der Waals surface area contributed by atoms with Crippen molar-refractivity contribution in [2.75, 3.05) is 35.0 Å². The largest absolute Gasteiger partial charge is 0.382 e. The summed E-state index contributed by atoms with van der Waals surface area (Å²) in [5, 5.41) is 11.1. The molecule has 0 saturated carbocycles. The molecule has 1 heterocycles. The Balaban J connectivity index is 2.73. The minimum absolute atomic E-state index is 0.327.